The average molecular weight is 496 g/mol. The molecule has 0 fully saturated rings. The highest BCUT2D eigenvalue weighted by atomic mass is 32.1. The number of nitrogens with one attached hydrogen (secondary N) is 1. The SMILES string of the molecule is COc1ccc([C@@H](C(=O)NC(C)(C)C)N(Cc2ccccc2)C(=O)c2snc(C(N)=O)c2N)cc1. The van der Waals surface area contributed by atoms with Crippen LogP contribution in [-0.4, -0.2) is 39.6 Å². The van der Waals surface area contributed by atoms with Gasteiger partial charge in [0.2, 0.25) is 5.91 Å². The van der Waals surface area contributed by atoms with Gasteiger partial charge in [-0.15, -0.1) is 0 Å². The highest BCUT2D eigenvalue weighted by molar-refractivity contribution is 7.09. The summed E-state index contributed by atoms with van der Waals surface area (Å²) in [5, 5.41) is 2.98. The number of carbonyl (C=O) groups excluding carboxylic acids is 3. The third-order valence-corrected chi connectivity index (χ3v) is 5.95. The molecule has 184 valence electrons. The molecule has 3 amide bonds. The van der Waals surface area contributed by atoms with E-state index in [1.54, 1.807) is 31.4 Å². The van der Waals surface area contributed by atoms with Crippen molar-refractivity contribution >= 4 is 34.9 Å². The van der Waals surface area contributed by atoms with Gasteiger partial charge < -0.3 is 26.4 Å². The van der Waals surface area contributed by atoms with E-state index < -0.39 is 23.4 Å². The fourth-order valence-corrected chi connectivity index (χ4v) is 4.28. The number of carbonyl (C=O) groups is 3. The molecule has 3 rings (SSSR count). The molecular weight excluding hydrogens is 466 g/mol. The molecule has 0 saturated carbocycles. The maximum absolute atomic E-state index is 13.9. The van der Waals surface area contributed by atoms with E-state index in [1.807, 2.05) is 51.1 Å². The highest BCUT2D eigenvalue weighted by Crippen LogP contribution is 2.31. The van der Waals surface area contributed by atoms with E-state index in [0.29, 0.717) is 11.3 Å². The van der Waals surface area contributed by atoms with Crippen molar-refractivity contribution in [3.63, 3.8) is 0 Å². The summed E-state index contributed by atoms with van der Waals surface area (Å²) in [5.74, 6) is -1.13. The predicted molar refractivity (Wildman–Crippen MR) is 135 cm³/mol. The molecule has 0 aliphatic heterocycles. The van der Waals surface area contributed by atoms with Gasteiger partial charge in [0.05, 0.1) is 12.8 Å². The van der Waals surface area contributed by atoms with Crippen LogP contribution in [0, 0.1) is 0 Å². The van der Waals surface area contributed by atoms with Crippen molar-refractivity contribution in [1.29, 1.82) is 0 Å². The van der Waals surface area contributed by atoms with Crippen LogP contribution in [0.5, 0.6) is 5.75 Å². The lowest BCUT2D eigenvalue weighted by Crippen LogP contribution is -2.49. The fraction of sp³-hybridized carbons (Fsp3) is 0.280. The van der Waals surface area contributed by atoms with Gasteiger partial charge in [-0.2, -0.15) is 4.37 Å². The molecule has 1 heterocycles. The number of ether oxygens (including phenoxy) is 1. The van der Waals surface area contributed by atoms with Crippen molar-refractivity contribution < 1.29 is 19.1 Å². The second kappa shape index (κ2) is 10.6. The number of hydrogen-bond donors (Lipinski definition) is 3. The first kappa shape index (κ1) is 25.7. The quantitative estimate of drug-likeness (QED) is 0.438. The standard InChI is InChI=1S/C25H29N5O4S/c1-25(2,3)28-23(32)20(16-10-12-17(34-4)13-11-16)30(14-15-8-6-5-7-9-15)24(33)21-18(26)19(22(27)31)29-35-21/h5-13,20H,14,26H2,1-4H3,(H2,27,31)(H,28,32)/t20-/m0/s1. The molecule has 0 aliphatic rings. The van der Waals surface area contributed by atoms with E-state index in [1.165, 1.54) is 4.90 Å². The molecule has 35 heavy (non-hydrogen) atoms. The minimum atomic E-state index is -1.01. The molecule has 9 nitrogen and oxygen atoms in total. The van der Waals surface area contributed by atoms with Crippen molar-refractivity contribution in [3.8, 4) is 5.75 Å². The number of hydrogen-bond acceptors (Lipinski definition) is 7. The molecule has 5 N–H and O–H groups in total. The van der Waals surface area contributed by atoms with Gasteiger partial charge in [0, 0.05) is 12.1 Å². The first-order valence-electron chi connectivity index (χ1n) is 10.9. The van der Waals surface area contributed by atoms with Crippen LogP contribution in [0.3, 0.4) is 0 Å². The Labute approximate surface area is 208 Å². The van der Waals surface area contributed by atoms with Crippen molar-refractivity contribution in [2.75, 3.05) is 12.8 Å². The third kappa shape index (κ3) is 6.15. The zero-order valence-corrected chi connectivity index (χ0v) is 20.9. The molecule has 0 aliphatic carbocycles. The summed E-state index contributed by atoms with van der Waals surface area (Å²) in [6, 6.07) is 15.2. The summed E-state index contributed by atoms with van der Waals surface area (Å²) in [6.45, 7) is 5.69. The Kier molecular flexibility index (Phi) is 7.75. The van der Waals surface area contributed by atoms with E-state index in [9.17, 15) is 14.4 Å². The lowest BCUT2D eigenvalue weighted by molar-refractivity contribution is -0.127. The summed E-state index contributed by atoms with van der Waals surface area (Å²) in [4.78, 5) is 40.6. The molecule has 2 aromatic carbocycles. The lowest BCUT2D eigenvalue weighted by Gasteiger charge is -2.33. The first-order valence-corrected chi connectivity index (χ1v) is 11.6. The van der Waals surface area contributed by atoms with Crippen LogP contribution in [0.15, 0.2) is 54.6 Å². The van der Waals surface area contributed by atoms with Crippen molar-refractivity contribution in [2.45, 2.75) is 38.9 Å². The summed E-state index contributed by atoms with van der Waals surface area (Å²) in [6.07, 6.45) is 0. The lowest BCUT2D eigenvalue weighted by atomic mass is 10.00. The minimum absolute atomic E-state index is 0.0387. The van der Waals surface area contributed by atoms with Gasteiger partial charge in [-0.3, -0.25) is 14.4 Å². The average Bonchev–Trinajstić information content (AvgIpc) is 3.19. The van der Waals surface area contributed by atoms with Crippen LogP contribution < -0.4 is 21.5 Å². The van der Waals surface area contributed by atoms with E-state index >= 15 is 0 Å². The molecule has 3 aromatic rings. The summed E-state index contributed by atoms with van der Waals surface area (Å²) < 4.78 is 9.22. The van der Waals surface area contributed by atoms with Gasteiger partial charge in [0.25, 0.3) is 11.8 Å². The highest BCUT2D eigenvalue weighted by Gasteiger charge is 2.36. The number of primary amides is 1. The predicted octanol–water partition coefficient (Wildman–Crippen LogP) is 3.13. The molecule has 0 unspecified atom stereocenters. The number of amides is 3. The maximum Gasteiger partial charge on any atom is 0.270 e. The van der Waals surface area contributed by atoms with Crippen LogP contribution in [0.4, 0.5) is 5.69 Å². The van der Waals surface area contributed by atoms with Gasteiger partial charge in [0.1, 0.15) is 16.7 Å². The first-order chi connectivity index (χ1) is 16.5. The smallest absolute Gasteiger partial charge is 0.270 e. The Morgan fingerprint density at radius 3 is 2.23 bits per heavy atom. The Hall–Kier alpha value is -3.92. The Morgan fingerprint density at radius 1 is 1.09 bits per heavy atom. The van der Waals surface area contributed by atoms with Crippen LogP contribution in [0.25, 0.3) is 0 Å². The van der Waals surface area contributed by atoms with Crippen LogP contribution in [0.2, 0.25) is 0 Å². The number of methoxy groups -OCH3 is 1. The molecular formula is C25H29N5O4S. The van der Waals surface area contributed by atoms with E-state index in [4.69, 9.17) is 16.2 Å². The number of nitrogens with two attached hydrogens (primary N) is 2. The molecule has 0 radical (unpaired) electrons. The molecule has 1 atom stereocenters. The third-order valence-electron chi connectivity index (χ3n) is 5.10. The van der Waals surface area contributed by atoms with Gasteiger partial charge in [-0.25, -0.2) is 0 Å². The summed E-state index contributed by atoms with van der Waals surface area (Å²) >= 11 is 0.776. The monoisotopic (exact) mass is 495 g/mol. The van der Waals surface area contributed by atoms with Gasteiger partial charge in [0.15, 0.2) is 5.69 Å². The second-order valence-electron chi connectivity index (χ2n) is 8.97. The second-order valence-corrected chi connectivity index (χ2v) is 9.75. The van der Waals surface area contributed by atoms with Crippen LogP contribution >= 0.6 is 11.5 Å². The topological polar surface area (TPSA) is 141 Å². The van der Waals surface area contributed by atoms with E-state index in [0.717, 1.165) is 17.1 Å². The number of nitrogen functional groups attached to an aromatic ring is 1. The molecule has 0 spiro atoms. The number of rotatable bonds is 8. The van der Waals surface area contributed by atoms with Crippen molar-refractivity contribution in [1.82, 2.24) is 14.6 Å². The molecule has 1 aromatic heterocycles. The Morgan fingerprint density at radius 2 is 1.71 bits per heavy atom. The summed E-state index contributed by atoms with van der Waals surface area (Å²) in [7, 11) is 1.55. The van der Waals surface area contributed by atoms with Crippen LogP contribution in [0.1, 0.15) is 58.1 Å². The number of benzene rings is 2. The number of nitrogens with zero attached hydrogens (tertiary/aromatic N) is 2. The molecule has 0 bridgehead atoms. The van der Waals surface area contributed by atoms with Gasteiger partial charge in [-0.05, 0) is 55.6 Å². The maximum atomic E-state index is 13.9. The minimum Gasteiger partial charge on any atom is -0.497 e. The summed E-state index contributed by atoms with van der Waals surface area (Å²) in [5.41, 5.74) is 12.0. The fourth-order valence-electron chi connectivity index (χ4n) is 3.52. The van der Waals surface area contributed by atoms with Crippen LogP contribution in [-0.2, 0) is 11.3 Å². The van der Waals surface area contributed by atoms with Crippen molar-refractivity contribution in [2.24, 2.45) is 5.73 Å². The van der Waals surface area contributed by atoms with Crippen molar-refractivity contribution in [3.05, 3.63) is 76.3 Å². The number of anilines is 1. The zero-order valence-electron chi connectivity index (χ0n) is 20.1. The van der Waals surface area contributed by atoms with E-state index in [2.05, 4.69) is 9.69 Å². The normalized spacial score (nSPS) is 12.0. The molecule has 0 saturated heterocycles. The number of aromatic nitrogens is 1. The van der Waals surface area contributed by atoms with Gasteiger partial charge in [-0.1, -0.05) is 42.5 Å². The van der Waals surface area contributed by atoms with E-state index in [-0.39, 0.29) is 28.7 Å². The molecule has 10 heteroatoms. The Bertz CT molecular complexity index is 1200. The largest absolute Gasteiger partial charge is 0.497 e. The Balaban J connectivity index is 2.15. The zero-order chi connectivity index (χ0) is 25.8. The van der Waals surface area contributed by atoms with Gasteiger partial charge >= 0.3 is 0 Å².